The number of imidazole rings is 1. The number of benzene rings is 2. The smallest absolute Gasteiger partial charge is 0.190 e. The van der Waals surface area contributed by atoms with Crippen LogP contribution in [0.1, 0.15) is 12.0 Å². The number of aromatic nitrogens is 3. The maximum absolute atomic E-state index is 4.97. The molecule has 0 fully saturated rings. The summed E-state index contributed by atoms with van der Waals surface area (Å²) in [5.41, 5.74) is 4.62. The molecule has 2 aromatic carbocycles. The van der Waals surface area contributed by atoms with Crippen molar-refractivity contribution in [2.45, 2.75) is 26.4 Å². The Morgan fingerprint density at radius 3 is 2.64 bits per heavy atom. The highest BCUT2D eigenvalue weighted by Crippen LogP contribution is 2.24. The van der Waals surface area contributed by atoms with E-state index in [2.05, 4.69) is 84.8 Å². The largest absolute Gasteiger partial charge is 0.337 e. The number of rotatable bonds is 6. The molecule has 4 nitrogen and oxygen atoms in total. The van der Waals surface area contributed by atoms with Crippen molar-refractivity contribution in [1.29, 1.82) is 0 Å². The van der Waals surface area contributed by atoms with E-state index in [0.717, 1.165) is 34.5 Å². The van der Waals surface area contributed by atoms with Crippen molar-refractivity contribution >= 4 is 33.0 Å². The van der Waals surface area contributed by atoms with E-state index in [1.54, 1.807) is 11.3 Å². The minimum absolute atomic E-state index is 0.901. The van der Waals surface area contributed by atoms with Gasteiger partial charge in [-0.25, -0.2) is 9.98 Å². The summed E-state index contributed by atoms with van der Waals surface area (Å²) in [6, 6.07) is 16.7. The Bertz CT molecular complexity index is 1110. The number of hydrogen-bond acceptors (Lipinski definition) is 3. The van der Waals surface area contributed by atoms with E-state index in [1.807, 2.05) is 24.8 Å². The molecule has 0 saturated heterocycles. The summed E-state index contributed by atoms with van der Waals surface area (Å²) < 4.78 is 5.53. The predicted molar refractivity (Wildman–Crippen MR) is 119 cm³/mol. The molecule has 2 heterocycles. The first-order valence-corrected chi connectivity index (χ1v) is 10.9. The summed E-state index contributed by atoms with van der Waals surface area (Å²) in [7, 11) is 0. The maximum Gasteiger partial charge on any atom is 0.190 e. The van der Waals surface area contributed by atoms with Crippen molar-refractivity contribution in [2.24, 2.45) is 4.99 Å². The van der Waals surface area contributed by atoms with Gasteiger partial charge >= 0.3 is 0 Å². The monoisotopic (exact) mass is 452 g/mol. The summed E-state index contributed by atoms with van der Waals surface area (Å²) >= 11 is 5.22. The molecule has 0 bridgehead atoms. The van der Waals surface area contributed by atoms with E-state index >= 15 is 0 Å². The molecule has 0 spiro atoms. The zero-order valence-electron chi connectivity index (χ0n) is 15.6. The van der Waals surface area contributed by atoms with E-state index in [-0.39, 0.29) is 0 Å². The molecule has 0 aliphatic heterocycles. The fourth-order valence-corrected chi connectivity index (χ4v) is 4.32. The van der Waals surface area contributed by atoms with Crippen LogP contribution in [0.5, 0.6) is 0 Å². The average Bonchev–Trinajstić information content (AvgIpc) is 3.35. The van der Waals surface area contributed by atoms with Gasteiger partial charge in [0, 0.05) is 35.3 Å². The molecule has 2 aromatic heterocycles. The van der Waals surface area contributed by atoms with Crippen LogP contribution in [0.15, 0.2) is 82.1 Å². The standard InChI is InChI=1S/C22H21BrN4S/c1-17-5-2-3-6-20(17)25-22-27(13-4-12-26-14-11-24-16-26)21(15-28-22)18-7-9-19(23)10-8-18/h2-3,5-11,14-16H,4,12-13H2,1H3. The number of thiazole rings is 1. The molecule has 0 aliphatic carbocycles. The Morgan fingerprint density at radius 1 is 1.07 bits per heavy atom. The number of para-hydroxylation sites is 1. The highest BCUT2D eigenvalue weighted by atomic mass is 79.9. The Morgan fingerprint density at radius 2 is 1.89 bits per heavy atom. The molecule has 0 amide bonds. The predicted octanol–water partition coefficient (Wildman–Crippen LogP) is 5.81. The van der Waals surface area contributed by atoms with Gasteiger partial charge < -0.3 is 9.13 Å². The fraction of sp³-hybridized carbons (Fsp3) is 0.182. The molecule has 0 N–H and O–H groups in total. The van der Waals surface area contributed by atoms with E-state index < -0.39 is 0 Å². The van der Waals surface area contributed by atoms with Gasteiger partial charge in [-0.15, -0.1) is 11.3 Å². The Kier molecular flexibility index (Phi) is 5.88. The fourth-order valence-electron chi connectivity index (χ4n) is 3.11. The molecule has 0 saturated carbocycles. The molecule has 0 radical (unpaired) electrons. The van der Waals surface area contributed by atoms with E-state index in [9.17, 15) is 0 Å². The molecule has 142 valence electrons. The Labute approximate surface area is 177 Å². The molecule has 4 aromatic rings. The highest BCUT2D eigenvalue weighted by Gasteiger charge is 2.09. The Balaban J connectivity index is 1.71. The third-order valence-corrected chi connectivity index (χ3v) is 6.02. The number of hydrogen-bond donors (Lipinski definition) is 0. The molecular weight excluding hydrogens is 432 g/mol. The second-order valence-electron chi connectivity index (χ2n) is 6.61. The molecule has 0 aliphatic rings. The van der Waals surface area contributed by atoms with E-state index in [4.69, 9.17) is 4.99 Å². The van der Waals surface area contributed by atoms with Crippen LogP contribution in [0.3, 0.4) is 0 Å². The number of nitrogens with zero attached hydrogens (tertiary/aromatic N) is 4. The summed E-state index contributed by atoms with van der Waals surface area (Å²) in [5.74, 6) is 0. The van der Waals surface area contributed by atoms with Gasteiger partial charge in [0.05, 0.1) is 17.7 Å². The van der Waals surface area contributed by atoms with Crippen LogP contribution in [-0.4, -0.2) is 14.1 Å². The van der Waals surface area contributed by atoms with Crippen LogP contribution in [0.2, 0.25) is 0 Å². The average molecular weight is 453 g/mol. The van der Waals surface area contributed by atoms with Crippen LogP contribution in [0, 0.1) is 6.92 Å². The minimum atomic E-state index is 0.901. The maximum atomic E-state index is 4.97. The normalized spacial score (nSPS) is 11.9. The van der Waals surface area contributed by atoms with Crippen LogP contribution in [0.25, 0.3) is 11.3 Å². The zero-order chi connectivity index (χ0) is 19.3. The minimum Gasteiger partial charge on any atom is -0.337 e. The van der Waals surface area contributed by atoms with Crippen molar-refractivity contribution < 1.29 is 0 Å². The Hall–Kier alpha value is -2.44. The van der Waals surface area contributed by atoms with Crippen LogP contribution in [0.4, 0.5) is 5.69 Å². The van der Waals surface area contributed by atoms with E-state index in [0.29, 0.717) is 0 Å². The second kappa shape index (κ2) is 8.71. The molecular formula is C22H21BrN4S. The lowest BCUT2D eigenvalue weighted by Gasteiger charge is -2.10. The highest BCUT2D eigenvalue weighted by molar-refractivity contribution is 9.10. The molecule has 4 rings (SSSR count). The van der Waals surface area contributed by atoms with Gasteiger partial charge in [0.25, 0.3) is 0 Å². The molecule has 6 heteroatoms. The quantitative estimate of drug-likeness (QED) is 0.363. The molecule has 0 atom stereocenters. The van der Waals surface area contributed by atoms with Gasteiger partial charge in [0.1, 0.15) is 0 Å². The summed E-state index contributed by atoms with van der Waals surface area (Å²) in [6.07, 6.45) is 6.71. The summed E-state index contributed by atoms with van der Waals surface area (Å²) in [5, 5.41) is 2.21. The van der Waals surface area contributed by atoms with Crippen molar-refractivity contribution in [3.63, 3.8) is 0 Å². The number of aryl methyl sites for hydroxylation is 2. The van der Waals surface area contributed by atoms with E-state index in [1.165, 1.54) is 16.8 Å². The van der Waals surface area contributed by atoms with Gasteiger partial charge in [-0.3, -0.25) is 0 Å². The first kappa shape index (κ1) is 18.9. The van der Waals surface area contributed by atoms with Crippen LogP contribution < -0.4 is 4.80 Å². The second-order valence-corrected chi connectivity index (χ2v) is 8.37. The van der Waals surface area contributed by atoms with Crippen molar-refractivity contribution in [3.8, 4) is 11.3 Å². The summed E-state index contributed by atoms with van der Waals surface area (Å²) in [6.45, 7) is 3.94. The zero-order valence-corrected chi connectivity index (χ0v) is 18.0. The number of halogens is 1. The first-order valence-electron chi connectivity index (χ1n) is 9.21. The summed E-state index contributed by atoms with van der Waals surface area (Å²) in [4.78, 5) is 10.1. The molecule has 28 heavy (non-hydrogen) atoms. The third-order valence-electron chi connectivity index (χ3n) is 4.63. The third kappa shape index (κ3) is 4.34. The van der Waals surface area contributed by atoms with Crippen LogP contribution in [-0.2, 0) is 13.1 Å². The van der Waals surface area contributed by atoms with Gasteiger partial charge in [-0.2, -0.15) is 0 Å². The lowest BCUT2D eigenvalue weighted by molar-refractivity contribution is 0.559. The lowest BCUT2D eigenvalue weighted by atomic mass is 10.2. The van der Waals surface area contributed by atoms with Gasteiger partial charge in [0.2, 0.25) is 0 Å². The topological polar surface area (TPSA) is 35.1 Å². The van der Waals surface area contributed by atoms with Crippen molar-refractivity contribution in [3.05, 3.63) is 87.5 Å². The van der Waals surface area contributed by atoms with Gasteiger partial charge in [0.15, 0.2) is 4.80 Å². The van der Waals surface area contributed by atoms with Crippen molar-refractivity contribution in [1.82, 2.24) is 14.1 Å². The van der Waals surface area contributed by atoms with Gasteiger partial charge in [-0.05, 0) is 42.7 Å². The van der Waals surface area contributed by atoms with Crippen LogP contribution >= 0.6 is 27.3 Å². The van der Waals surface area contributed by atoms with Gasteiger partial charge in [-0.1, -0.05) is 46.3 Å². The lowest BCUT2D eigenvalue weighted by Crippen LogP contribution is -2.17. The molecule has 0 unspecified atom stereocenters. The SMILES string of the molecule is Cc1ccccc1N=c1scc(-c2ccc(Br)cc2)n1CCCn1ccnc1. The van der Waals surface area contributed by atoms with Crippen molar-refractivity contribution in [2.75, 3.05) is 0 Å². The first-order chi connectivity index (χ1) is 13.7.